The lowest BCUT2D eigenvalue weighted by atomic mass is 9.90. The zero-order chi connectivity index (χ0) is 11.9. The molecule has 0 amide bonds. The minimum atomic E-state index is -0.0533. The van der Waals surface area contributed by atoms with Crippen molar-refractivity contribution in [3.05, 3.63) is 0 Å². The molecule has 92 valence electrons. The summed E-state index contributed by atoms with van der Waals surface area (Å²) in [5.74, 6) is 0. The molecule has 0 aliphatic heterocycles. The van der Waals surface area contributed by atoms with Crippen LogP contribution in [-0.4, -0.2) is 37.0 Å². The molecule has 0 bridgehead atoms. The summed E-state index contributed by atoms with van der Waals surface area (Å²) in [6.07, 6.45) is 0.833. The molecule has 0 aromatic rings. The number of hydrogen-bond donors (Lipinski definition) is 2. The van der Waals surface area contributed by atoms with E-state index in [1.807, 2.05) is 0 Å². The maximum atomic E-state index is 8.86. The van der Waals surface area contributed by atoms with Gasteiger partial charge in [-0.05, 0) is 32.6 Å². The quantitative estimate of drug-likeness (QED) is 0.639. The Morgan fingerprint density at radius 2 is 1.73 bits per heavy atom. The van der Waals surface area contributed by atoms with Crippen molar-refractivity contribution in [3.8, 4) is 0 Å². The van der Waals surface area contributed by atoms with E-state index >= 15 is 0 Å². The lowest BCUT2D eigenvalue weighted by Crippen LogP contribution is -2.33. The summed E-state index contributed by atoms with van der Waals surface area (Å²) in [7, 11) is 0. The van der Waals surface area contributed by atoms with Gasteiger partial charge in [0, 0.05) is 19.7 Å². The molecular weight excluding hydrogens is 190 g/mol. The predicted octanol–water partition coefficient (Wildman–Crippen LogP) is 1.80. The van der Waals surface area contributed by atoms with Gasteiger partial charge in [-0.3, -0.25) is 0 Å². The molecule has 0 spiro atoms. The molecule has 0 aromatic heterocycles. The molecule has 0 saturated heterocycles. The maximum Gasteiger partial charge on any atom is 0.0599 e. The molecule has 0 radical (unpaired) electrons. The van der Waals surface area contributed by atoms with Crippen molar-refractivity contribution < 1.29 is 9.84 Å². The third-order valence-electron chi connectivity index (χ3n) is 2.21. The monoisotopic (exact) mass is 217 g/mol. The average molecular weight is 217 g/mol. The van der Waals surface area contributed by atoms with Crippen molar-refractivity contribution in [2.75, 3.05) is 26.3 Å². The van der Waals surface area contributed by atoms with Crippen molar-refractivity contribution >= 4 is 0 Å². The highest BCUT2D eigenvalue weighted by molar-refractivity contribution is 4.71. The zero-order valence-electron chi connectivity index (χ0n) is 10.9. The fraction of sp³-hybridized carbons (Fsp3) is 1.00. The van der Waals surface area contributed by atoms with Gasteiger partial charge in [-0.25, -0.2) is 0 Å². The Kier molecular flexibility index (Phi) is 6.41. The van der Waals surface area contributed by atoms with Gasteiger partial charge < -0.3 is 15.2 Å². The van der Waals surface area contributed by atoms with Gasteiger partial charge in [0.05, 0.1) is 12.2 Å². The highest BCUT2D eigenvalue weighted by Crippen LogP contribution is 2.17. The van der Waals surface area contributed by atoms with Crippen LogP contribution in [0.1, 0.15) is 41.0 Å². The third kappa shape index (κ3) is 10.2. The zero-order valence-corrected chi connectivity index (χ0v) is 10.9. The van der Waals surface area contributed by atoms with Crippen molar-refractivity contribution in [2.24, 2.45) is 5.41 Å². The molecule has 0 unspecified atom stereocenters. The highest BCUT2D eigenvalue weighted by atomic mass is 16.5. The summed E-state index contributed by atoms with van der Waals surface area (Å²) in [4.78, 5) is 0. The third-order valence-corrected chi connectivity index (χ3v) is 2.21. The molecule has 0 saturated carbocycles. The Hall–Kier alpha value is -0.120. The standard InChI is InChI=1S/C12H27NO2/c1-11(2,3)15-9-7-13-10-12(4,5)6-8-14/h13-14H,6-10H2,1-5H3. The van der Waals surface area contributed by atoms with E-state index in [0.717, 1.165) is 26.1 Å². The Morgan fingerprint density at radius 3 is 2.20 bits per heavy atom. The van der Waals surface area contributed by atoms with Crippen LogP contribution in [0, 0.1) is 5.41 Å². The van der Waals surface area contributed by atoms with Crippen LogP contribution in [0.4, 0.5) is 0 Å². The van der Waals surface area contributed by atoms with Crippen LogP contribution in [0.3, 0.4) is 0 Å². The predicted molar refractivity (Wildman–Crippen MR) is 64.1 cm³/mol. The minimum absolute atomic E-state index is 0.0533. The van der Waals surface area contributed by atoms with Crippen LogP contribution in [0.15, 0.2) is 0 Å². The fourth-order valence-electron chi connectivity index (χ4n) is 1.25. The summed E-state index contributed by atoms with van der Waals surface area (Å²) in [6.45, 7) is 13.3. The Labute approximate surface area is 94.2 Å². The van der Waals surface area contributed by atoms with Crippen LogP contribution in [0.2, 0.25) is 0 Å². The van der Waals surface area contributed by atoms with Crippen molar-refractivity contribution in [1.29, 1.82) is 0 Å². The molecule has 0 heterocycles. The molecule has 2 N–H and O–H groups in total. The summed E-state index contributed by atoms with van der Waals surface area (Å²) in [5.41, 5.74) is 0.110. The normalized spacial score (nSPS) is 13.2. The number of ether oxygens (including phenoxy) is 1. The van der Waals surface area contributed by atoms with E-state index < -0.39 is 0 Å². The van der Waals surface area contributed by atoms with Crippen LogP contribution in [0.5, 0.6) is 0 Å². The smallest absolute Gasteiger partial charge is 0.0599 e. The molecule has 0 aliphatic rings. The second-order valence-corrected chi connectivity index (χ2v) is 5.78. The van der Waals surface area contributed by atoms with Gasteiger partial charge in [0.1, 0.15) is 0 Å². The van der Waals surface area contributed by atoms with E-state index in [9.17, 15) is 0 Å². The largest absolute Gasteiger partial charge is 0.396 e. The first kappa shape index (κ1) is 14.9. The summed E-state index contributed by atoms with van der Waals surface area (Å²) in [6, 6.07) is 0. The SMILES string of the molecule is CC(C)(CCO)CNCCOC(C)(C)C. The first-order valence-electron chi connectivity index (χ1n) is 5.72. The maximum absolute atomic E-state index is 8.86. The molecule has 0 fully saturated rings. The van der Waals surface area contributed by atoms with Gasteiger partial charge >= 0.3 is 0 Å². The molecule has 15 heavy (non-hydrogen) atoms. The van der Waals surface area contributed by atoms with E-state index in [-0.39, 0.29) is 17.6 Å². The second-order valence-electron chi connectivity index (χ2n) is 5.78. The van der Waals surface area contributed by atoms with E-state index in [1.165, 1.54) is 0 Å². The van der Waals surface area contributed by atoms with Crippen LogP contribution >= 0.6 is 0 Å². The van der Waals surface area contributed by atoms with Crippen molar-refractivity contribution in [3.63, 3.8) is 0 Å². The number of hydrogen-bond acceptors (Lipinski definition) is 3. The van der Waals surface area contributed by atoms with Crippen molar-refractivity contribution in [1.82, 2.24) is 5.32 Å². The number of aliphatic hydroxyl groups is 1. The van der Waals surface area contributed by atoms with E-state index in [4.69, 9.17) is 9.84 Å². The Morgan fingerprint density at radius 1 is 1.13 bits per heavy atom. The minimum Gasteiger partial charge on any atom is -0.396 e. The Balaban J connectivity index is 3.46. The topological polar surface area (TPSA) is 41.5 Å². The van der Waals surface area contributed by atoms with Crippen LogP contribution in [0.25, 0.3) is 0 Å². The molecular formula is C12H27NO2. The first-order chi connectivity index (χ1) is 6.77. The molecule has 0 rings (SSSR count). The lowest BCUT2D eigenvalue weighted by molar-refractivity contribution is -0.00147. The van der Waals surface area contributed by atoms with Gasteiger partial charge in [0.2, 0.25) is 0 Å². The molecule has 3 heteroatoms. The second kappa shape index (κ2) is 6.46. The average Bonchev–Trinajstić information content (AvgIpc) is 2.00. The Bertz CT molecular complexity index is 161. The number of nitrogens with one attached hydrogen (secondary N) is 1. The number of aliphatic hydroxyl groups excluding tert-OH is 1. The van der Waals surface area contributed by atoms with Gasteiger partial charge in [-0.15, -0.1) is 0 Å². The van der Waals surface area contributed by atoms with Gasteiger partial charge in [-0.1, -0.05) is 13.8 Å². The molecule has 0 aromatic carbocycles. The van der Waals surface area contributed by atoms with Crippen molar-refractivity contribution in [2.45, 2.75) is 46.6 Å². The van der Waals surface area contributed by atoms with E-state index in [0.29, 0.717) is 0 Å². The van der Waals surface area contributed by atoms with Gasteiger partial charge in [-0.2, -0.15) is 0 Å². The van der Waals surface area contributed by atoms with Crippen LogP contribution < -0.4 is 5.32 Å². The molecule has 0 atom stereocenters. The first-order valence-corrected chi connectivity index (χ1v) is 5.72. The fourth-order valence-corrected chi connectivity index (χ4v) is 1.25. The highest BCUT2D eigenvalue weighted by Gasteiger charge is 2.16. The molecule has 3 nitrogen and oxygen atoms in total. The number of rotatable bonds is 7. The van der Waals surface area contributed by atoms with E-state index in [1.54, 1.807) is 0 Å². The molecule has 0 aliphatic carbocycles. The van der Waals surface area contributed by atoms with Gasteiger partial charge in [0.25, 0.3) is 0 Å². The lowest BCUT2D eigenvalue weighted by Gasteiger charge is -2.25. The van der Waals surface area contributed by atoms with Crippen LogP contribution in [-0.2, 0) is 4.74 Å². The summed E-state index contributed by atoms with van der Waals surface area (Å²) >= 11 is 0. The van der Waals surface area contributed by atoms with Gasteiger partial charge in [0.15, 0.2) is 0 Å². The summed E-state index contributed by atoms with van der Waals surface area (Å²) < 4.78 is 5.59. The summed E-state index contributed by atoms with van der Waals surface area (Å²) in [5, 5.41) is 12.2. The van der Waals surface area contributed by atoms with E-state index in [2.05, 4.69) is 39.9 Å².